The monoisotopic (exact) mass is 353 g/mol. The average Bonchev–Trinajstić information content (AvgIpc) is 2.46. The van der Waals surface area contributed by atoms with Gasteiger partial charge in [0.25, 0.3) is 5.91 Å². The summed E-state index contributed by atoms with van der Waals surface area (Å²) in [7, 11) is 0. The Labute approximate surface area is 133 Å². The highest BCUT2D eigenvalue weighted by molar-refractivity contribution is 9.10. The van der Waals surface area contributed by atoms with Crippen molar-refractivity contribution >= 4 is 27.7 Å². The zero-order chi connectivity index (χ0) is 15.4. The van der Waals surface area contributed by atoms with Crippen LogP contribution in [0.15, 0.2) is 22.8 Å². The molecule has 0 unspecified atom stereocenters. The summed E-state index contributed by atoms with van der Waals surface area (Å²) in [5, 5.41) is 0. The van der Waals surface area contributed by atoms with Gasteiger partial charge in [0.05, 0.1) is 0 Å². The lowest BCUT2D eigenvalue weighted by Gasteiger charge is -2.35. The Morgan fingerprint density at radius 1 is 1.24 bits per heavy atom. The normalized spacial score (nSPS) is 15.4. The second kappa shape index (κ2) is 7.02. The van der Waals surface area contributed by atoms with Crippen molar-refractivity contribution in [2.24, 2.45) is 5.92 Å². The molecule has 0 N–H and O–H groups in total. The second-order valence-corrected chi connectivity index (χ2v) is 6.46. The van der Waals surface area contributed by atoms with Crippen molar-refractivity contribution in [3.8, 4) is 0 Å². The van der Waals surface area contributed by atoms with Crippen molar-refractivity contribution in [3.63, 3.8) is 0 Å². The molecule has 0 radical (unpaired) electrons. The molecule has 0 aromatic carbocycles. The SMILES string of the molecule is CC(C)CC(=O)N1CCN(C(=O)c2ncccc2Br)CC1. The highest BCUT2D eigenvalue weighted by Gasteiger charge is 2.26. The van der Waals surface area contributed by atoms with E-state index in [1.165, 1.54) is 0 Å². The van der Waals surface area contributed by atoms with Crippen molar-refractivity contribution < 1.29 is 9.59 Å². The molecule has 0 spiro atoms. The van der Waals surface area contributed by atoms with Gasteiger partial charge in [0.15, 0.2) is 0 Å². The maximum Gasteiger partial charge on any atom is 0.273 e. The third-order valence-corrected chi connectivity index (χ3v) is 4.10. The molecule has 5 nitrogen and oxygen atoms in total. The van der Waals surface area contributed by atoms with Gasteiger partial charge in [-0.2, -0.15) is 0 Å². The maximum absolute atomic E-state index is 12.4. The van der Waals surface area contributed by atoms with E-state index >= 15 is 0 Å². The lowest BCUT2D eigenvalue weighted by molar-refractivity contribution is -0.133. The first-order valence-corrected chi connectivity index (χ1v) is 7.96. The third kappa shape index (κ3) is 4.03. The van der Waals surface area contributed by atoms with Gasteiger partial charge in [-0.3, -0.25) is 9.59 Å². The molecule has 2 amide bonds. The summed E-state index contributed by atoms with van der Waals surface area (Å²) in [4.78, 5) is 32.1. The fraction of sp³-hybridized carbons (Fsp3) is 0.533. The summed E-state index contributed by atoms with van der Waals surface area (Å²) >= 11 is 3.35. The fourth-order valence-corrected chi connectivity index (χ4v) is 2.75. The minimum Gasteiger partial charge on any atom is -0.339 e. The number of carbonyl (C=O) groups excluding carboxylic acids is 2. The lowest BCUT2D eigenvalue weighted by Crippen LogP contribution is -2.51. The number of halogens is 1. The Hall–Kier alpha value is -1.43. The van der Waals surface area contributed by atoms with Crippen LogP contribution in [0.1, 0.15) is 30.8 Å². The molecular formula is C15H20BrN3O2. The van der Waals surface area contributed by atoms with Crippen molar-refractivity contribution in [1.29, 1.82) is 0 Å². The third-order valence-electron chi connectivity index (χ3n) is 3.46. The molecule has 0 saturated carbocycles. The van der Waals surface area contributed by atoms with E-state index in [9.17, 15) is 9.59 Å². The molecule has 1 aliphatic heterocycles. The topological polar surface area (TPSA) is 53.5 Å². The minimum absolute atomic E-state index is 0.0848. The van der Waals surface area contributed by atoms with Crippen LogP contribution in [0.5, 0.6) is 0 Å². The van der Waals surface area contributed by atoms with Gasteiger partial charge in [-0.05, 0) is 34.0 Å². The molecule has 0 aliphatic carbocycles. The number of aromatic nitrogens is 1. The van der Waals surface area contributed by atoms with Gasteiger partial charge in [0, 0.05) is 43.3 Å². The number of amides is 2. The Bertz CT molecular complexity index is 525. The highest BCUT2D eigenvalue weighted by atomic mass is 79.9. The largest absolute Gasteiger partial charge is 0.339 e. The number of pyridine rings is 1. The summed E-state index contributed by atoms with van der Waals surface area (Å²) in [6.07, 6.45) is 2.18. The number of hydrogen-bond donors (Lipinski definition) is 0. The average molecular weight is 354 g/mol. The first kappa shape index (κ1) is 15.9. The van der Waals surface area contributed by atoms with E-state index in [0.717, 1.165) is 0 Å². The van der Waals surface area contributed by atoms with Crippen LogP contribution in [0.25, 0.3) is 0 Å². The Balaban J connectivity index is 1.94. The van der Waals surface area contributed by atoms with Crippen LogP contribution >= 0.6 is 15.9 Å². The standard InChI is InChI=1S/C15H20BrN3O2/c1-11(2)10-13(20)18-6-8-19(9-7-18)15(21)14-12(16)4-3-5-17-14/h3-5,11H,6-10H2,1-2H3. The lowest BCUT2D eigenvalue weighted by atomic mass is 10.1. The predicted octanol–water partition coefficient (Wildman–Crippen LogP) is 2.17. The van der Waals surface area contributed by atoms with Crippen LogP contribution in [0.2, 0.25) is 0 Å². The van der Waals surface area contributed by atoms with E-state index in [2.05, 4.69) is 20.9 Å². The molecular weight excluding hydrogens is 334 g/mol. The van der Waals surface area contributed by atoms with Gasteiger partial charge < -0.3 is 9.80 Å². The predicted molar refractivity (Wildman–Crippen MR) is 83.9 cm³/mol. The molecule has 114 valence electrons. The van der Waals surface area contributed by atoms with E-state index < -0.39 is 0 Å². The number of carbonyl (C=O) groups is 2. The Morgan fingerprint density at radius 2 is 1.86 bits per heavy atom. The molecule has 0 bridgehead atoms. The molecule has 1 aromatic rings. The Morgan fingerprint density at radius 3 is 2.43 bits per heavy atom. The van der Waals surface area contributed by atoms with Crippen molar-refractivity contribution in [1.82, 2.24) is 14.8 Å². The van der Waals surface area contributed by atoms with Gasteiger partial charge >= 0.3 is 0 Å². The molecule has 1 aliphatic rings. The molecule has 1 aromatic heterocycles. The minimum atomic E-state index is -0.0848. The number of hydrogen-bond acceptors (Lipinski definition) is 3. The van der Waals surface area contributed by atoms with E-state index in [1.54, 1.807) is 17.2 Å². The van der Waals surface area contributed by atoms with Crippen LogP contribution < -0.4 is 0 Å². The highest BCUT2D eigenvalue weighted by Crippen LogP contribution is 2.17. The summed E-state index contributed by atoms with van der Waals surface area (Å²) < 4.78 is 0.702. The van der Waals surface area contributed by atoms with Gasteiger partial charge in [-0.1, -0.05) is 13.8 Å². The van der Waals surface area contributed by atoms with Gasteiger partial charge in [-0.25, -0.2) is 4.98 Å². The first-order valence-electron chi connectivity index (χ1n) is 7.16. The first-order chi connectivity index (χ1) is 9.99. The van der Waals surface area contributed by atoms with Crippen molar-refractivity contribution in [2.45, 2.75) is 20.3 Å². The van der Waals surface area contributed by atoms with E-state index in [-0.39, 0.29) is 11.8 Å². The van der Waals surface area contributed by atoms with Crippen LogP contribution in [-0.2, 0) is 4.79 Å². The smallest absolute Gasteiger partial charge is 0.273 e. The summed E-state index contributed by atoms with van der Waals surface area (Å²) in [6, 6.07) is 3.59. The number of nitrogens with zero attached hydrogens (tertiary/aromatic N) is 3. The van der Waals surface area contributed by atoms with E-state index in [4.69, 9.17) is 0 Å². The second-order valence-electron chi connectivity index (χ2n) is 5.60. The van der Waals surface area contributed by atoms with Crippen molar-refractivity contribution in [2.75, 3.05) is 26.2 Å². The maximum atomic E-state index is 12.4. The van der Waals surface area contributed by atoms with E-state index in [0.29, 0.717) is 48.7 Å². The van der Waals surface area contributed by atoms with Gasteiger partial charge in [0.1, 0.15) is 5.69 Å². The zero-order valence-electron chi connectivity index (χ0n) is 12.4. The molecule has 21 heavy (non-hydrogen) atoms. The number of piperazine rings is 1. The summed E-state index contributed by atoms with van der Waals surface area (Å²) in [6.45, 7) is 6.40. The van der Waals surface area contributed by atoms with Crippen molar-refractivity contribution in [3.05, 3.63) is 28.5 Å². The zero-order valence-corrected chi connectivity index (χ0v) is 14.0. The molecule has 2 heterocycles. The van der Waals surface area contributed by atoms with E-state index in [1.807, 2.05) is 24.8 Å². The molecule has 2 rings (SSSR count). The van der Waals surface area contributed by atoms with Crippen LogP contribution in [0.4, 0.5) is 0 Å². The van der Waals surface area contributed by atoms with Gasteiger partial charge in [-0.15, -0.1) is 0 Å². The summed E-state index contributed by atoms with van der Waals surface area (Å²) in [5.41, 5.74) is 0.430. The van der Waals surface area contributed by atoms with Crippen LogP contribution in [-0.4, -0.2) is 52.8 Å². The quantitative estimate of drug-likeness (QED) is 0.836. The number of rotatable bonds is 3. The Kier molecular flexibility index (Phi) is 5.33. The van der Waals surface area contributed by atoms with Crippen LogP contribution in [0.3, 0.4) is 0 Å². The molecule has 1 fully saturated rings. The fourth-order valence-electron chi connectivity index (χ4n) is 2.33. The molecule has 6 heteroatoms. The molecule has 1 saturated heterocycles. The van der Waals surface area contributed by atoms with Gasteiger partial charge in [0.2, 0.25) is 5.91 Å². The van der Waals surface area contributed by atoms with Crippen LogP contribution in [0, 0.1) is 5.92 Å². The molecule has 0 atom stereocenters. The summed E-state index contributed by atoms with van der Waals surface area (Å²) in [5.74, 6) is 0.455.